The van der Waals surface area contributed by atoms with Crippen molar-refractivity contribution in [1.82, 2.24) is 20.4 Å². The fraction of sp³-hybridized carbons (Fsp3) is 0.533. The van der Waals surface area contributed by atoms with Crippen LogP contribution < -0.4 is 5.32 Å². The van der Waals surface area contributed by atoms with Crippen molar-refractivity contribution in [3.05, 3.63) is 23.4 Å². The molecular formula is C15H20N4O2S. The minimum atomic E-state index is 0.145. The number of hydrogen-bond acceptors (Lipinski definition) is 6. The first-order valence-corrected chi connectivity index (χ1v) is 8.39. The van der Waals surface area contributed by atoms with Gasteiger partial charge in [-0.1, -0.05) is 11.2 Å². The molecule has 2 aromatic rings. The monoisotopic (exact) mass is 320 g/mol. The largest absolute Gasteiger partial charge is 0.352 e. The summed E-state index contributed by atoms with van der Waals surface area (Å²) in [6, 6.07) is 4.51. The van der Waals surface area contributed by atoms with Gasteiger partial charge in [0.25, 0.3) is 0 Å². The van der Waals surface area contributed by atoms with E-state index in [4.69, 9.17) is 4.52 Å². The summed E-state index contributed by atoms with van der Waals surface area (Å²) in [4.78, 5) is 19.1. The van der Waals surface area contributed by atoms with Gasteiger partial charge in [0.2, 0.25) is 17.6 Å². The number of hydrogen-bond donors (Lipinski definition) is 1. The maximum absolute atomic E-state index is 11.3. The molecule has 2 aromatic heterocycles. The van der Waals surface area contributed by atoms with Crippen molar-refractivity contribution >= 4 is 17.2 Å². The summed E-state index contributed by atoms with van der Waals surface area (Å²) >= 11 is 1.59. The minimum Gasteiger partial charge on any atom is -0.352 e. The van der Waals surface area contributed by atoms with Crippen LogP contribution in [0.2, 0.25) is 0 Å². The third-order valence-electron chi connectivity index (χ3n) is 3.82. The summed E-state index contributed by atoms with van der Waals surface area (Å²) in [7, 11) is 0. The van der Waals surface area contributed by atoms with Crippen LogP contribution >= 0.6 is 11.3 Å². The molecule has 1 aliphatic heterocycles. The van der Waals surface area contributed by atoms with Crippen molar-refractivity contribution in [1.29, 1.82) is 0 Å². The van der Waals surface area contributed by atoms with E-state index >= 15 is 0 Å². The Morgan fingerprint density at radius 3 is 3.05 bits per heavy atom. The van der Waals surface area contributed by atoms with Crippen molar-refractivity contribution < 1.29 is 9.32 Å². The van der Waals surface area contributed by atoms with E-state index in [2.05, 4.69) is 34.2 Å². The lowest BCUT2D eigenvalue weighted by atomic mass is 10.2. The molecule has 6 nitrogen and oxygen atoms in total. The zero-order chi connectivity index (χ0) is 15.5. The molecule has 0 aliphatic carbocycles. The summed E-state index contributed by atoms with van der Waals surface area (Å²) in [6.07, 6.45) is 1.52. The van der Waals surface area contributed by atoms with Gasteiger partial charge >= 0.3 is 0 Å². The van der Waals surface area contributed by atoms with E-state index in [0.29, 0.717) is 30.7 Å². The Labute approximate surface area is 133 Å². The first kappa shape index (κ1) is 15.2. The van der Waals surface area contributed by atoms with Gasteiger partial charge in [-0.05, 0) is 31.7 Å². The average molecular weight is 320 g/mol. The Kier molecular flexibility index (Phi) is 4.54. The zero-order valence-electron chi connectivity index (χ0n) is 12.8. The predicted octanol–water partition coefficient (Wildman–Crippen LogP) is 2.29. The van der Waals surface area contributed by atoms with E-state index in [-0.39, 0.29) is 11.9 Å². The van der Waals surface area contributed by atoms with E-state index in [1.54, 1.807) is 11.3 Å². The molecule has 1 aliphatic rings. The summed E-state index contributed by atoms with van der Waals surface area (Å²) < 4.78 is 5.37. The van der Waals surface area contributed by atoms with Crippen LogP contribution in [0, 0.1) is 0 Å². The van der Waals surface area contributed by atoms with Gasteiger partial charge in [-0.25, -0.2) is 0 Å². The van der Waals surface area contributed by atoms with Crippen LogP contribution in [0.1, 0.15) is 32.6 Å². The van der Waals surface area contributed by atoms with Gasteiger partial charge in [0.05, 0.1) is 11.4 Å². The zero-order valence-corrected chi connectivity index (χ0v) is 13.6. The van der Waals surface area contributed by atoms with Crippen LogP contribution in [-0.2, 0) is 11.3 Å². The maximum atomic E-state index is 11.3. The Morgan fingerprint density at radius 2 is 2.41 bits per heavy atom. The fourth-order valence-electron chi connectivity index (χ4n) is 2.55. The molecule has 0 spiro atoms. The van der Waals surface area contributed by atoms with E-state index < -0.39 is 0 Å². The second-order valence-electron chi connectivity index (χ2n) is 5.82. The van der Waals surface area contributed by atoms with E-state index in [0.717, 1.165) is 17.8 Å². The van der Waals surface area contributed by atoms with Crippen molar-refractivity contribution in [2.24, 2.45) is 0 Å². The molecule has 0 bridgehead atoms. The summed E-state index contributed by atoms with van der Waals surface area (Å²) in [5.41, 5.74) is 0. The number of rotatable bonds is 6. The molecule has 118 valence electrons. The first-order chi connectivity index (χ1) is 10.6. The average Bonchev–Trinajstić information content (AvgIpc) is 3.19. The molecule has 7 heteroatoms. The Balaban J connectivity index is 1.65. The SMILES string of the molecule is CC(C)N(Cc1nc(-c2cccs2)no1)C[C@H]1CCC(=O)N1. The Bertz CT molecular complexity index is 623. The molecule has 3 heterocycles. The lowest BCUT2D eigenvalue weighted by Crippen LogP contribution is -2.41. The smallest absolute Gasteiger partial charge is 0.241 e. The Hall–Kier alpha value is -1.73. The van der Waals surface area contributed by atoms with Crippen LogP contribution in [0.3, 0.4) is 0 Å². The van der Waals surface area contributed by atoms with Gasteiger partial charge in [-0.2, -0.15) is 4.98 Å². The highest BCUT2D eigenvalue weighted by atomic mass is 32.1. The molecule has 0 aromatic carbocycles. The number of carbonyl (C=O) groups excluding carboxylic acids is 1. The highest BCUT2D eigenvalue weighted by Gasteiger charge is 2.25. The van der Waals surface area contributed by atoms with Crippen LogP contribution in [0.15, 0.2) is 22.0 Å². The third-order valence-corrected chi connectivity index (χ3v) is 4.68. The van der Waals surface area contributed by atoms with Crippen molar-refractivity contribution in [2.75, 3.05) is 6.54 Å². The van der Waals surface area contributed by atoms with Gasteiger partial charge in [-0.15, -0.1) is 11.3 Å². The van der Waals surface area contributed by atoms with Gasteiger partial charge in [-0.3, -0.25) is 9.69 Å². The lowest BCUT2D eigenvalue weighted by Gasteiger charge is -2.27. The van der Waals surface area contributed by atoms with Crippen molar-refractivity contribution in [3.63, 3.8) is 0 Å². The molecule has 1 amide bonds. The maximum Gasteiger partial charge on any atom is 0.241 e. The number of thiophene rings is 1. The molecule has 3 rings (SSSR count). The standard InChI is InChI=1S/C15H20N4O2S/c1-10(2)19(8-11-5-6-13(20)16-11)9-14-17-15(18-21-14)12-4-3-7-22-12/h3-4,7,10-11H,5-6,8-9H2,1-2H3,(H,16,20)/t11-/m1/s1. The van der Waals surface area contributed by atoms with Gasteiger partial charge in [0, 0.05) is 25.0 Å². The minimum absolute atomic E-state index is 0.145. The number of nitrogens with one attached hydrogen (secondary N) is 1. The predicted molar refractivity (Wildman–Crippen MR) is 84.3 cm³/mol. The van der Waals surface area contributed by atoms with Crippen LogP contribution in [0.4, 0.5) is 0 Å². The van der Waals surface area contributed by atoms with Crippen LogP contribution in [-0.4, -0.2) is 39.6 Å². The second-order valence-corrected chi connectivity index (χ2v) is 6.76. The molecule has 1 atom stereocenters. The molecule has 1 saturated heterocycles. The first-order valence-electron chi connectivity index (χ1n) is 7.51. The lowest BCUT2D eigenvalue weighted by molar-refractivity contribution is -0.119. The highest BCUT2D eigenvalue weighted by Crippen LogP contribution is 2.22. The van der Waals surface area contributed by atoms with Gasteiger partial charge in [0.15, 0.2) is 0 Å². The molecule has 0 unspecified atom stereocenters. The second kappa shape index (κ2) is 6.58. The number of amides is 1. The molecular weight excluding hydrogens is 300 g/mol. The highest BCUT2D eigenvalue weighted by molar-refractivity contribution is 7.13. The van der Waals surface area contributed by atoms with E-state index in [9.17, 15) is 4.79 Å². The molecule has 22 heavy (non-hydrogen) atoms. The van der Waals surface area contributed by atoms with Crippen molar-refractivity contribution in [3.8, 4) is 10.7 Å². The fourth-order valence-corrected chi connectivity index (χ4v) is 3.20. The topological polar surface area (TPSA) is 71.3 Å². The number of carbonyl (C=O) groups is 1. The number of aromatic nitrogens is 2. The van der Waals surface area contributed by atoms with Gasteiger partial charge in [0.1, 0.15) is 0 Å². The molecule has 0 radical (unpaired) electrons. The Morgan fingerprint density at radius 1 is 1.55 bits per heavy atom. The molecule has 0 saturated carbocycles. The number of nitrogens with zero attached hydrogens (tertiary/aromatic N) is 3. The van der Waals surface area contributed by atoms with Crippen molar-refractivity contribution in [2.45, 2.75) is 45.3 Å². The molecule has 1 fully saturated rings. The van der Waals surface area contributed by atoms with Crippen LogP contribution in [0.25, 0.3) is 10.7 Å². The van der Waals surface area contributed by atoms with Crippen LogP contribution in [0.5, 0.6) is 0 Å². The van der Waals surface area contributed by atoms with E-state index in [1.807, 2.05) is 17.5 Å². The third kappa shape index (κ3) is 3.53. The van der Waals surface area contributed by atoms with E-state index in [1.165, 1.54) is 0 Å². The quantitative estimate of drug-likeness (QED) is 0.884. The summed E-state index contributed by atoms with van der Waals surface area (Å²) in [6.45, 7) is 5.67. The summed E-state index contributed by atoms with van der Waals surface area (Å²) in [5, 5.41) is 9.04. The van der Waals surface area contributed by atoms with Gasteiger partial charge < -0.3 is 9.84 Å². The normalized spacial score (nSPS) is 18.4. The summed E-state index contributed by atoms with van der Waals surface area (Å²) in [5.74, 6) is 1.40. The molecule has 1 N–H and O–H groups in total.